The van der Waals surface area contributed by atoms with Crippen molar-refractivity contribution in [3.05, 3.63) is 90.5 Å². The molecule has 3 rings (SSSR count). The van der Waals surface area contributed by atoms with Crippen LogP contribution in [0, 0.1) is 5.92 Å². The first-order chi connectivity index (χ1) is 18.1. The molecule has 0 unspecified atom stereocenters. The zero-order valence-corrected chi connectivity index (χ0v) is 23.0. The zero-order chi connectivity index (χ0) is 27.7. The van der Waals surface area contributed by atoms with Crippen LogP contribution in [-0.2, 0) is 26.2 Å². The van der Waals surface area contributed by atoms with Gasteiger partial charge in [-0.05, 0) is 54.8 Å². The van der Waals surface area contributed by atoms with E-state index in [-0.39, 0.29) is 23.3 Å². The van der Waals surface area contributed by atoms with Crippen molar-refractivity contribution in [3.8, 4) is 5.75 Å². The van der Waals surface area contributed by atoms with Crippen LogP contribution in [0.15, 0.2) is 89.8 Å². The SMILES string of the molecule is COc1ccc(N(CC(=O)N(Cc2ccccc2)[C@@H](C)C(=O)NCC(C)C)S(=O)(=O)c2ccccc2)cc1. The van der Waals surface area contributed by atoms with Gasteiger partial charge in [-0.3, -0.25) is 13.9 Å². The summed E-state index contributed by atoms with van der Waals surface area (Å²) >= 11 is 0. The first-order valence-electron chi connectivity index (χ1n) is 12.5. The number of hydrogen-bond donors (Lipinski definition) is 1. The summed E-state index contributed by atoms with van der Waals surface area (Å²) < 4.78 is 33.7. The first-order valence-corrected chi connectivity index (χ1v) is 13.9. The molecule has 0 radical (unpaired) electrons. The normalized spacial score (nSPS) is 12.0. The van der Waals surface area contributed by atoms with Gasteiger partial charge in [0.1, 0.15) is 18.3 Å². The third-order valence-electron chi connectivity index (χ3n) is 6.02. The maximum atomic E-state index is 13.8. The Morgan fingerprint density at radius 3 is 2.00 bits per heavy atom. The van der Waals surface area contributed by atoms with E-state index in [0.29, 0.717) is 18.0 Å². The highest BCUT2D eigenvalue weighted by atomic mass is 32.2. The molecule has 0 saturated carbocycles. The highest BCUT2D eigenvalue weighted by molar-refractivity contribution is 7.92. The van der Waals surface area contributed by atoms with Gasteiger partial charge in [-0.2, -0.15) is 0 Å². The predicted octanol–water partition coefficient (Wildman–Crippen LogP) is 4.08. The average Bonchev–Trinajstić information content (AvgIpc) is 2.93. The lowest BCUT2D eigenvalue weighted by molar-refractivity contribution is -0.139. The van der Waals surface area contributed by atoms with Crippen LogP contribution in [0.4, 0.5) is 5.69 Å². The van der Waals surface area contributed by atoms with Crippen LogP contribution in [0.1, 0.15) is 26.3 Å². The van der Waals surface area contributed by atoms with Crippen molar-refractivity contribution in [2.75, 3.05) is 24.5 Å². The van der Waals surface area contributed by atoms with Gasteiger partial charge < -0.3 is 15.0 Å². The number of carbonyl (C=O) groups excluding carboxylic acids is 2. The van der Waals surface area contributed by atoms with E-state index in [0.717, 1.165) is 9.87 Å². The van der Waals surface area contributed by atoms with Gasteiger partial charge in [-0.1, -0.05) is 62.4 Å². The van der Waals surface area contributed by atoms with Crippen LogP contribution in [0.5, 0.6) is 5.75 Å². The van der Waals surface area contributed by atoms with Crippen LogP contribution in [-0.4, -0.2) is 51.4 Å². The quantitative estimate of drug-likeness (QED) is 0.376. The number of ether oxygens (including phenoxy) is 1. The Kier molecular flexibility index (Phi) is 9.90. The molecular weight excluding hydrogens is 502 g/mol. The number of nitrogens with one attached hydrogen (secondary N) is 1. The molecular formula is C29H35N3O5S. The zero-order valence-electron chi connectivity index (χ0n) is 22.2. The Morgan fingerprint density at radius 2 is 1.45 bits per heavy atom. The molecule has 8 nitrogen and oxygen atoms in total. The fourth-order valence-corrected chi connectivity index (χ4v) is 5.25. The van der Waals surface area contributed by atoms with Crippen LogP contribution >= 0.6 is 0 Å². The summed E-state index contributed by atoms with van der Waals surface area (Å²) in [5.74, 6) is -0.00874. The monoisotopic (exact) mass is 537 g/mol. The standard InChI is InChI=1S/C29H35N3O5S/c1-22(2)19-30-29(34)23(3)31(20-24-11-7-5-8-12-24)28(33)21-32(25-15-17-26(37-4)18-16-25)38(35,36)27-13-9-6-10-14-27/h5-18,22-23H,19-21H2,1-4H3,(H,30,34)/t23-/m0/s1. The molecule has 9 heteroatoms. The Morgan fingerprint density at radius 1 is 0.868 bits per heavy atom. The van der Waals surface area contributed by atoms with Crippen molar-refractivity contribution < 1.29 is 22.7 Å². The van der Waals surface area contributed by atoms with Crippen molar-refractivity contribution in [1.82, 2.24) is 10.2 Å². The molecule has 0 spiro atoms. The van der Waals surface area contributed by atoms with E-state index in [2.05, 4.69) is 5.32 Å². The molecule has 0 aliphatic carbocycles. The summed E-state index contributed by atoms with van der Waals surface area (Å²) in [7, 11) is -2.58. The summed E-state index contributed by atoms with van der Waals surface area (Å²) in [6, 6.07) is 22.9. The van der Waals surface area contributed by atoms with Gasteiger partial charge in [0.25, 0.3) is 10.0 Å². The molecule has 0 aliphatic rings. The number of methoxy groups -OCH3 is 1. The molecule has 0 bridgehead atoms. The summed E-state index contributed by atoms with van der Waals surface area (Å²) in [5.41, 5.74) is 1.13. The highest BCUT2D eigenvalue weighted by Gasteiger charge is 2.32. The number of carbonyl (C=O) groups is 2. The summed E-state index contributed by atoms with van der Waals surface area (Å²) in [6.45, 7) is 5.75. The molecule has 3 aromatic carbocycles. The molecule has 0 aromatic heterocycles. The van der Waals surface area contributed by atoms with E-state index in [1.165, 1.54) is 24.1 Å². The second-order valence-electron chi connectivity index (χ2n) is 9.34. The third-order valence-corrected chi connectivity index (χ3v) is 7.81. The third kappa shape index (κ3) is 7.35. The lowest BCUT2D eigenvalue weighted by atomic mass is 10.1. The van der Waals surface area contributed by atoms with Crippen molar-refractivity contribution >= 4 is 27.5 Å². The largest absolute Gasteiger partial charge is 0.497 e. The Bertz CT molecular complexity index is 1300. The Hall–Kier alpha value is -3.85. The first kappa shape index (κ1) is 28.7. The average molecular weight is 538 g/mol. The smallest absolute Gasteiger partial charge is 0.264 e. The number of nitrogens with zero attached hydrogens (tertiary/aromatic N) is 2. The highest BCUT2D eigenvalue weighted by Crippen LogP contribution is 2.26. The maximum Gasteiger partial charge on any atom is 0.264 e. The summed E-state index contributed by atoms with van der Waals surface area (Å²) in [5, 5.41) is 2.88. The van der Waals surface area contributed by atoms with Crippen molar-refractivity contribution in [2.24, 2.45) is 5.92 Å². The summed E-state index contributed by atoms with van der Waals surface area (Å²) in [4.78, 5) is 28.3. The molecule has 0 aliphatic heterocycles. The molecule has 1 N–H and O–H groups in total. The van der Waals surface area contributed by atoms with Crippen molar-refractivity contribution in [2.45, 2.75) is 38.3 Å². The predicted molar refractivity (Wildman–Crippen MR) is 148 cm³/mol. The minimum Gasteiger partial charge on any atom is -0.497 e. The molecule has 1 atom stereocenters. The molecule has 38 heavy (non-hydrogen) atoms. The minimum atomic E-state index is -4.10. The number of sulfonamides is 1. The van der Waals surface area contributed by atoms with Crippen molar-refractivity contribution in [1.29, 1.82) is 0 Å². The van der Waals surface area contributed by atoms with Gasteiger partial charge in [-0.15, -0.1) is 0 Å². The van der Waals surface area contributed by atoms with Crippen LogP contribution in [0.25, 0.3) is 0 Å². The van der Waals surface area contributed by atoms with E-state index in [4.69, 9.17) is 4.74 Å². The molecule has 3 aromatic rings. The van der Waals surface area contributed by atoms with Gasteiger partial charge in [0, 0.05) is 13.1 Å². The van der Waals surface area contributed by atoms with Crippen LogP contribution in [0.3, 0.4) is 0 Å². The maximum absolute atomic E-state index is 13.8. The van der Waals surface area contributed by atoms with E-state index in [1.54, 1.807) is 49.4 Å². The Labute approximate surface area is 225 Å². The van der Waals surface area contributed by atoms with Gasteiger partial charge in [0.2, 0.25) is 11.8 Å². The van der Waals surface area contributed by atoms with E-state index < -0.39 is 28.5 Å². The number of hydrogen-bond acceptors (Lipinski definition) is 5. The van der Waals surface area contributed by atoms with E-state index in [9.17, 15) is 18.0 Å². The topological polar surface area (TPSA) is 96.0 Å². The van der Waals surface area contributed by atoms with Gasteiger partial charge in [0.15, 0.2) is 0 Å². The molecule has 0 fully saturated rings. The van der Waals surface area contributed by atoms with Gasteiger partial charge >= 0.3 is 0 Å². The molecule has 0 saturated heterocycles. The van der Waals surface area contributed by atoms with Gasteiger partial charge in [0.05, 0.1) is 17.7 Å². The molecule has 0 heterocycles. The lowest BCUT2D eigenvalue weighted by Gasteiger charge is -2.32. The van der Waals surface area contributed by atoms with E-state index >= 15 is 0 Å². The minimum absolute atomic E-state index is 0.0564. The Balaban J connectivity index is 1.98. The second kappa shape index (κ2) is 13.1. The van der Waals surface area contributed by atoms with Crippen LogP contribution in [0.2, 0.25) is 0 Å². The fourth-order valence-electron chi connectivity index (χ4n) is 3.81. The molecule has 2 amide bonds. The number of amides is 2. The van der Waals surface area contributed by atoms with Crippen molar-refractivity contribution in [3.63, 3.8) is 0 Å². The fraction of sp³-hybridized carbons (Fsp3) is 0.310. The number of benzene rings is 3. The molecule has 202 valence electrons. The van der Waals surface area contributed by atoms with E-state index in [1.807, 2.05) is 44.2 Å². The lowest BCUT2D eigenvalue weighted by Crippen LogP contribution is -2.51. The summed E-state index contributed by atoms with van der Waals surface area (Å²) in [6.07, 6.45) is 0. The van der Waals surface area contributed by atoms with Gasteiger partial charge in [-0.25, -0.2) is 8.42 Å². The number of anilines is 1. The van der Waals surface area contributed by atoms with Crippen LogP contribution < -0.4 is 14.4 Å². The number of rotatable bonds is 12. The second-order valence-corrected chi connectivity index (χ2v) is 11.2.